The second-order valence-electron chi connectivity index (χ2n) is 11.4. The molecule has 0 aliphatic heterocycles. The van der Waals surface area contributed by atoms with Gasteiger partial charge in [-0.3, -0.25) is 5.32 Å². The molecule has 0 radical (unpaired) electrons. The molecule has 1 fully saturated rings. The van der Waals surface area contributed by atoms with Crippen LogP contribution in [0.1, 0.15) is 47.9 Å². The van der Waals surface area contributed by atoms with Crippen LogP contribution in [0.4, 0.5) is 0 Å². The van der Waals surface area contributed by atoms with E-state index in [9.17, 15) is 0 Å². The van der Waals surface area contributed by atoms with Gasteiger partial charge in [-0.05, 0) is 59.4 Å². The molecule has 0 spiro atoms. The first kappa shape index (κ1) is 27.3. The van der Waals surface area contributed by atoms with Crippen molar-refractivity contribution in [3.05, 3.63) is 162 Å². The number of ether oxygens (including phenoxy) is 1. The molecule has 6 aromatic rings. The largest absolute Gasteiger partial charge is 0.436 e. The Morgan fingerprint density at radius 3 is 1.81 bits per heavy atom. The number of fused-ring (bicyclic) bond motifs is 1. The summed E-state index contributed by atoms with van der Waals surface area (Å²) in [6.07, 6.45) is 4.56. The average molecular weight is 565 g/mol. The van der Waals surface area contributed by atoms with Gasteiger partial charge in [0.1, 0.15) is 5.52 Å². The van der Waals surface area contributed by atoms with Crippen LogP contribution in [0.15, 0.2) is 144 Å². The molecule has 1 heterocycles. The number of oxazole rings is 1. The monoisotopic (exact) mass is 564 g/mol. The molecule has 43 heavy (non-hydrogen) atoms. The smallest absolute Gasteiger partial charge is 0.227 e. The van der Waals surface area contributed by atoms with Gasteiger partial charge in [-0.1, -0.05) is 128 Å². The second kappa shape index (κ2) is 12.4. The molecule has 2 atom stereocenters. The number of hydrogen-bond donors (Lipinski definition) is 1. The van der Waals surface area contributed by atoms with Crippen molar-refractivity contribution in [2.45, 2.75) is 50.0 Å². The molecule has 4 heteroatoms. The molecule has 0 saturated heterocycles. The van der Waals surface area contributed by atoms with Crippen LogP contribution in [0, 0.1) is 0 Å². The lowest BCUT2D eigenvalue weighted by atomic mass is 9.75. The summed E-state index contributed by atoms with van der Waals surface area (Å²) in [5.74, 6) is 0.643. The summed E-state index contributed by atoms with van der Waals surface area (Å²) in [6.45, 7) is 0.561. The van der Waals surface area contributed by atoms with Gasteiger partial charge in [-0.2, -0.15) is 0 Å². The molecule has 0 unspecified atom stereocenters. The topological polar surface area (TPSA) is 47.3 Å². The van der Waals surface area contributed by atoms with Gasteiger partial charge < -0.3 is 9.15 Å². The van der Waals surface area contributed by atoms with Crippen molar-refractivity contribution in [3.63, 3.8) is 0 Å². The Morgan fingerprint density at radius 2 is 1.21 bits per heavy atom. The van der Waals surface area contributed by atoms with Crippen LogP contribution in [0.25, 0.3) is 22.6 Å². The first-order valence-electron chi connectivity index (χ1n) is 15.3. The Morgan fingerprint density at radius 1 is 0.651 bits per heavy atom. The Hall–Kier alpha value is -4.51. The van der Waals surface area contributed by atoms with Crippen molar-refractivity contribution in [3.8, 4) is 11.5 Å². The highest BCUT2D eigenvalue weighted by atomic mass is 16.5. The predicted molar refractivity (Wildman–Crippen MR) is 173 cm³/mol. The molecule has 5 aromatic carbocycles. The lowest BCUT2D eigenvalue weighted by Gasteiger charge is -2.43. The van der Waals surface area contributed by atoms with Gasteiger partial charge in [0.15, 0.2) is 5.58 Å². The number of aromatic nitrogens is 1. The van der Waals surface area contributed by atoms with Gasteiger partial charge in [0, 0.05) is 11.6 Å². The first-order chi connectivity index (χ1) is 21.3. The number of benzene rings is 5. The van der Waals surface area contributed by atoms with E-state index in [1.165, 1.54) is 29.5 Å². The SMILES string of the molecule is c1ccc(C(N[C@H]2CCCC[C@H]2OCc2ccc(-c3nc4ccccc4o3)cc2)(c2ccccc2)c2ccccc2)cc1. The third-order valence-electron chi connectivity index (χ3n) is 8.68. The fourth-order valence-corrected chi connectivity index (χ4v) is 6.50. The summed E-state index contributed by atoms with van der Waals surface area (Å²) < 4.78 is 12.7. The summed E-state index contributed by atoms with van der Waals surface area (Å²) >= 11 is 0. The van der Waals surface area contributed by atoms with Gasteiger partial charge in [0.05, 0.1) is 18.2 Å². The van der Waals surface area contributed by atoms with E-state index in [-0.39, 0.29) is 12.1 Å². The summed E-state index contributed by atoms with van der Waals surface area (Å²) in [5, 5.41) is 4.20. The van der Waals surface area contributed by atoms with Gasteiger partial charge in [0.25, 0.3) is 0 Å². The highest BCUT2D eigenvalue weighted by Gasteiger charge is 2.40. The summed E-state index contributed by atoms with van der Waals surface area (Å²) in [4.78, 5) is 4.64. The third kappa shape index (κ3) is 5.64. The quantitative estimate of drug-likeness (QED) is 0.178. The van der Waals surface area contributed by atoms with E-state index in [0.717, 1.165) is 35.1 Å². The molecular weight excluding hydrogens is 528 g/mol. The van der Waals surface area contributed by atoms with Crippen LogP contribution in [-0.4, -0.2) is 17.1 Å². The highest BCUT2D eigenvalue weighted by Crippen LogP contribution is 2.39. The highest BCUT2D eigenvalue weighted by molar-refractivity contribution is 5.76. The maximum Gasteiger partial charge on any atom is 0.227 e. The first-order valence-corrected chi connectivity index (χ1v) is 15.3. The van der Waals surface area contributed by atoms with E-state index in [1.54, 1.807) is 0 Å². The molecule has 0 bridgehead atoms. The zero-order valence-electron chi connectivity index (χ0n) is 24.2. The molecule has 0 amide bonds. The molecule has 1 aliphatic carbocycles. The van der Waals surface area contributed by atoms with Crippen LogP contribution in [0.2, 0.25) is 0 Å². The second-order valence-corrected chi connectivity index (χ2v) is 11.4. The van der Waals surface area contributed by atoms with Gasteiger partial charge in [-0.15, -0.1) is 0 Å². The van der Waals surface area contributed by atoms with Gasteiger partial charge in [-0.25, -0.2) is 4.98 Å². The van der Waals surface area contributed by atoms with Crippen LogP contribution in [0.3, 0.4) is 0 Å². The van der Waals surface area contributed by atoms with Crippen LogP contribution >= 0.6 is 0 Å². The van der Waals surface area contributed by atoms with Crippen molar-refractivity contribution >= 4 is 11.1 Å². The molecule has 1 aliphatic rings. The minimum atomic E-state index is -0.505. The van der Waals surface area contributed by atoms with Crippen molar-refractivity contribution in [1.29, 1.82) is 0 Å². The van der Waals surface area contributed by atoms with Crippen LogP contribution in [0.5, 0.6) is 0 Å². The summed E-state index contributed by atoms with van der Waals surface area (Å²) in [6, 6.07) is 49.0. The number of hydrogen-bond acceptors (Lipinski definition) is 4. The lowest BCUT2D eigenvalue weighted by Crippen LogP contribution is -2.55. The fourth-order valence-electron chi connectivity index (χ4n) is 6.50. The number of nitrogens with one attached hydrogen (secondary N) is 1. The van der Waals surface area contributed by atoms with E-state index in [0.29, 0.717) is 12.5 Å². The van der Waals surface area contributed by atoms with Crippen molar-refractivity contribution < 1.29 is 9.15 Å². The lowest BCUT2D eigenvalue weighted by molar-refractivity contribution is -0.0105. The Kier molecular flexibility index (Phi) is 7.87. The Balaban J connectivity index is 1.15. The van der Waals surface area contributed by atoms with E-state index in [2.05, 4.69) is 126 Å². The molecule has 1 saturated carbocycles. The average Bonchev–Trinajstić information content (AvgIpc) is 3.53. The van der Waals surface area contributed by atoms with Crippen LogP contribution < -0.4 is 5.32 Å². The molecule has 1 aromatic heterocycles. The molecule has 1 N–H and O–H groups in total. The van der Waals surface area contributed by atoms with Gasteiger partial charge in [0.2, 0.25) is 5.89 Å². The van der Waals surface area contributed by atoms with E-state index < -0.39 is 5.54 Å². The van der Waals surface area contributed by atoms with Crippen molar-refractivity contribution in [2.24, 2.45) is 0 Å². The van der Waals surface area contributed by atoms with Crippen molar-refractivity contribution in [1.82, 2.24) is 10.3 Å². The normalized spacial score (nSPS) is 17.2. The Labute approximate surface area is 253 Å². The minimum Gasteiger partial charge on any atom is -0.436 e. The van der Waals surface area contributed by atoms with Crippen LogP contribution in [-0.2, 0) is 16.9 Å². The number of rotatable bonds is 9. The molecule has 7 rings (SSSR count). The molecular formula is C39H36N2O2. The van der Waals surface area contributed by atoms with E-state index in [1.807, 2.05) is 24.3 Å². The van der Waals surface area contributed by atoms with E-state index >= 15 is 0 Å². The molecule has 4 nitrogen and oxygen atoms in total. The van der Waals surface area contributed by atoms with Gasteiger partial charge >= 0.3 is 0 Å². The standard InChI is InChI=1S/C39H36N2O2/c1-4-14-31(15-5-1)39(32-16-6-2-7-17-32,33-18-8-3-9-19-33)41-35-21-11-12-22-36(35)42-28-29-24-26-30(27-25-29)38-40-34-20-10-13-23-37(34)43-38/h1-10,13-20,23-27,35-36,41H,11-12,21-22,28H2/t35-,36+/m0/s1. The molecule has 214 valence electrons. The maximum atomic E-state index is 6.73. The Bertz CT molecular complexity index is 1620. The van der Waals surface area contributed by atoms with Crippen molar-refractivity contribution in [2.75, 3.05) is 0 Å². The maximum absolute atomic E-state index is 6.73. The third-order valence-corrected chi connectivity index (χ3v) is 8.68. The predicted octanol–water partition coefficient (Wildman–Crippen LogP) is 8.90. The number of para-hydroxylation sites is 2. The minimum absolute atomic E-state index is 0.0981. The fraction of sp³-hybridized carbons (Fsp3) is 0.205. The summed E-state index contributed by atoms with van der Waals surface area (Å²) in [5.41, 5.74) is 6.97. The summed E-state index contributed by atoms with van der Waals surface area (Å²) in [7, 11) is 0. The zero-order valence-corrected chi connectivity index (χ0v) is 24.2. The zero-order chi connectivity index (χ0) is 28.9. The number of nitrogens with zero attached hydrogens (tertiary/aromatic N) is 1. The van der Waals surface area contributed by atoms with E-state index in [4.69, 9.17) is 9.15 Å².